The molecule has 0 amide bonds. The molecule has 3 nitrogen and oxygen atoms in total. The van der Waals surface area contributed by atoms with Gasteiger partial charge in [-0.2, -0.15) is 13.2 Å². The highest BCUT2D eigenvalue weighted by atomic mass is 19.4. The molecule has 0 unspecified atom stereocenters. The van der Waals surface area contributed by atoms with Gasteiger partial charge in [-0.15, -0.1) is 0 Å². The number of rotatable bonds is 4. The second kappa shape index (κ2) is 5.67. The van der Waals surface area contributed by atoms with Crippen LogP contribution >= 0.6 is 0 Å². The summed E-state index contributed by atoms with van der Waals surface area (Å²) in [7, 11) is 0. The molecule has 0 fully saturated rings. The molecule has 0 saturated heterocycles. The van der Waals surface area contributed by atoms with Crippen molar-refractivity contribution in [3.05, 3.63) is 41.9 Å². The van der Waals surface area contributed by atoms with E-state index in [1.54, 1.807) is 0 Å². The third-order valence-corrected chi connectivity index (χ3v) is 2.91. The largest absolute Gasteiger partial charge is 0.431 e. The highest BCUT2D eigenvalue weighted by Crippen LogP contribution is 2.24. The van der Waals surface area contributed by atoms with Crippen LogP contribution in [-0.2, 0) is 0 Å². The van der Waals surface area contributed by atoms with Crippen LogP contribution in [0.3, 0.4) is 0 Å². The summed E-state index contributed by atoms with van der Waals surface area (Å²) in [4.78, 5) is 7.10. The Hall–Kier alpha value is -2.18. The van der Waals surface area contributed by atoms with Gasteiger partial charge in [0.05, 0.1) is 12.2 Å². The Bertz CT molecular complexity index is 630. The van der Waals surface area contributed by atoms with Crippen LogP contribution in [0.25, 0.3) is 0 Å². The van der Waals surface area contributed by atoms with Gasteiger partial charge >= 0.3 is 6.18 Å². The van der Waals surface area contributed by atoms with Gasteiger partial charge in [-0.1, -0.05) is 13.5 Å². The van der Waals surface area contributed by atoms with Gasteiger partial charge in [0.15, 0.2) is 5.84 Å². The van der Waals surface area contributed by atoms with Crippen molar-refractivity contribution in [2.45, 2.75) is 19.5 Å². The van der Waals surface area contributed by atoms with E-state index >= 15 is 0 Å². The van der Waals surface area contributed by atoms with Crippen LogP contribution < -0.4 is 5.32 Å². The first-order valence-electron chi connectivity index (χ1n) is 6.25. The number of nitrogens with zero attached hydrogens (tertiary/aromatic N) is 2. The van der Waals surface area contributed by atoms with Crippen molar-refractivity contribution >= 4 is 17.2 Å². The molecule has 112 valence electrons. The third-order valence-electron chi connectivity index (χ3n) is 2.91. The molecule has 1 heterocycles. The molecular formula is C14H13F4N3. The van der Waals surface area contributed by atoms with Gasteiger partial charge < -0.3 is 5.32 Å². The minimum Gasteiger partial charge on any atom is -0.357 e. The van der Waals surface area contributed by atoms with Crippen LogP contribution in [0.4, 0.5) is 23.2 Å². The number of amidine groups is 1. The van der Waals surface area contributed by atoms with Crippen LogP contribution in [-0.4, -0.2) is 24.3 Å². The summed E-state index contributed by atoms with van der Waals surface area (Å²) in [5.74, 6) is -0.706. The Kier molecular flexibility index (Phi) is 4.11. The zero-order valence-electron chi connectivity index (χ0n) is 11.3. The number of alkyl halides is 3. The van der Waals surface area contributed by atoms with E-state index in [1.165, 1.54) is 12.1 Å². The number of nitrogens with one attached hydrogen (secondary N) is 1. The number of allylic oxidation sites excluding steroid dienone is 1. The molecule has 0 radical (unpaired) electrons. The lowest BCUT2D eigenvalue weighted by atomic mass is 10.1. The van der Waals surface area contributed by atoms with Gasteiger partial charge in [0, 0.05) is 11.3 Å². The number of hydrogen-bond acceptors (Lipinski definition) is 3. The highest BCUT2D eigenvalue weighted by Gasteiger charge is 2.37. The lowest BCUT2D eigenvalue weighted by Crippen LogP contribution is -2.23. The molecule has 0 aliphatic carbocycles. The molecular weight excluding hydrogens is 286 g/mol. The zero-order chi connectivity index (χ0) is 15.6. The average molecular weight is 299 g/mol. The van der Waals surface area contributed by atoms with Crippen LogP contribution in [0.5, 0.6) is 0 Å². The molecule has 1 aromatic carbocycles. The van der Waals surface area contributed by atoms with E-state index in [4.69, 9.17) is 0 Å². The minimum atomic E-state index is -4.51. The van der Waals surface area contributed by atoms with Gasteiger partial charge in [0.1, 0.15) is 11.5 Å². The van der Waals surface area contributed by atoms with Crippen LogP contribution in [0.2, 0.25) is 0 Å². The predicted molar refractivity (Wildman–Crippen MR) is 74.3 cm³/mol. The lowest BCUT2D eigenvalue weighted by molar-refractivity contribution is -0.0592. The first-order chi connectivity index (χ1) is 9.81. The van der Waals surface area contributed by atoms with E-state index in [9.17, 15) is 17.6 Å². The smallest absolute Gasteiger partial charge is 0.357 e. The van der Waals surface area contributed by atoms with Crippen molar-refractivity contribution in [3.63, 3.8) is 0 Å². The molecule has 7 heteroatoms. The number of benzene rings is 1. The van der Waals surface area contributed by atoms with E-state index in [1.807, 2.05) is 6.92 Å². The zero-order valence-corrected chi connectivity index (χ0v) is 11.3. The third kappa shape index (κ3) is 3.48. The van der Waals surface area contributed by atoms with E-state index in [2.05, 4.69) is 21.9 Å². The van der Waals surface area contributed by atoms with Gasteiger partial charge in [-0.25, -0.2) is 9.38 Å². The normalized spacial score (nSPS) is 14.7. The van der Waals surface area contributed by atoms with Gasteiger partial charge in [-0.05, 0) is 24.6 Å². The van der Waals surface area contributed by atoms with Crippen molar-refractivity contribution in [1.29, 1.82) is 0 Å². The van der Waals surface area contributed by atoms with Gasteiger partial charge in [0.25, 0.3) is 0 Å². The Morgan fingerprint density at radius 2 is 2.10 bits per heavy atom. The summed E-state index contributed by atoms with van der Waals surface area (Å²) in [6.07, 6.45) is -3.88. The molecule has 1 aliphatic heterocycles. The van der Waals surface area contributed by atoms with E-state index < -0.39 is 24.2 Å². The monoisotopic (exact) mass is 299 g/mol. The van der Waals surface area contributed by atoms with Crippen LogP contribution in [0.1, 0.15) is 18.9 Å². The molecule has 0 atom stereocenters. The summed E-state index contributed by atoms with van der Waals surface area (Å²) < 4.78 is 51.3. The predicted octanol–water partition coefficient (Wildman–Crippen LogP) is 3.92. The Labute approximate surface area is 119 Å². The molecule has 2 rings (SSSR count). The molecule has 0 spiro atoms. The topological polar surface area (TPSA) is 36.8 Å². The molecule has 1 N–H and O–H groups in total. The van der Waals surface area contributed by atoms with Crippen molar-refractivity contribution in [2.24, 2.45) is 9.98 Å². The number of halogens is 4. The molecule has 0 aromatic heterocycles. The second-order valence-electron chi connectivity index (χ2n) is 4.47. The van der Waals surface area contributed by atoms with E-state index in [-0.39, 0.29) is 17.1 Å². The van der Waals surface area contributed by atoms with Crippen molar-refractivity contribution in [3.8, 4) is 0 Å². The van der Waals surface area contributed by atoms with Gasteiger partial charge in [-0.3, -0.25) is 4.99 Å². The molecule has 1 aromatic rings. The molecule has 0 bridgehead atoms. The van der Waals surface area contributed by atoms with Crippen molar-refractivity contribution in [1.82, 2.24) is 0 Å². The summed E-state index contributed by atoms with van der Waals surface area (Å²) in [6.45, 7) is 5.03. The summed E-state index contributed by atoms with van der Waals surface area (Å²) >= 11 is 0. The first-order valence-corrected chi connectivity index (χ1v) is 6.25. The minimum absolute atomic E-state index is 0.109. The Balaban J connectivity index is 2.22. The fraction of sp³-hybridized carbons (Fsp3) is 0.286. The van der Waals surface area contributed by atoms with Crippen LogP contribution in [0, 0.1) is 5.82 Å². The maximum Gasteiger partial charge on any atom is 0.431 e. The standard InChI is InChI=1S/C14H13F4N3/c1-3-8(2)20-11-5-4-9(6-10(11)15)13-19-7-12(21-13)14(16,17)18/h4-6,20H,2-3,7H2,1H3. The molecule has 1 aliphatic rings. The second-order valence-corrected chi connectivity index (χ2v) is 4.47. The maximum absolute atomic E-state index is 13.9. The van der Waals surface area contributed by atoms with Crippen LogP contribution in [0.15, 0.2) is 40.5 Å². The summed E-state index contributed by atoms with van der Waals surface area (Å²) in [6, 6.07) is 4.00. The number of anilines is 1. The average Bonchev–Trinajstić information content (AvgIpc) is 2.90. The fourth-order valence-corrected chi connectivity index (χ4v) is 1.69. The van der Waals surface area contributed by atoms with Crippen molar-refractivity contribution < 1.29 is 17.6 Å². The van der Waals surface area contributed by atoms with Crippen molar-refractivity contribution in [2.75, 3.05) is 11.9 Å². The first kappa shape index (κ1) is 15.2. The lowest BCUT2D eigenvalue weighted by Gasteiger charge is -2.09. The summed E-state index contributed by atoms with van der Waals surface area (Å²) in [5.41, 5.74) is 0.0836. The van der Waals surface area contributed by atoms with E-state index in [0.29, 0.717) is 12.1 Å². The fourth-order valence-electron chi connectivity index (χ4n) is 1.69. The number of aliphatic imine (C=N–C) groups is 2. The van der Waals surface area contributed by atoms with Gasteiger partial charge in [0.2, 0.25) is 0 Å². The SMILES string of the molecule is C=C(CC)Nc1ccc(C2=NCC(C(F)(F)F)=N2)cc1F. The Morgan fingerprint density at radius 1 is 1.38 bits per heavy atom. The van der Waals surface area contributed by atoms with E-state index in [0.717, 1.165) is 6.07 Å². The molecule has 21 heavy (non-hydrogen) atoms. The summed E-state index contributed by atoms with van der Waals surface area (Å²) in [5, 5.41) is 2.79. The number of hydrogen-bond donors (Lipinski definition) is 1. The highest BCUT2D eigenvalue weighted by molar-refractivity contribution is 6.13. The quantitative estimate of drug-likeness (QED) is 0.840. The molecule has 0 saturated carbocycles. The maximum atomic E-state index is 13.9. The Morgan fingerprint density at radius 3 is 2.62 bits per heavy atom.